The number of aliphatic hydroxyl groups excluding tert-OH is 1. The van der Waals surface area contributed by atoms with Gasteiger partial charge >= 0.3 is 0 Å². The summed E-state index contributed by atoms with van der Waals surface area (Å²) in [6.07, 6.45) is 0.0431. The molecule has 0 fully saturated rings. The Balaban J connectivity index is 1.58. The molecule has 6 nitrogen and oxygen atoms in total. The standard InChI is InChI=1S/C24H26ClNO5S/c1-30-23-11-10-21(15-24(23)31-2)32(28,29)20-8-6-17(7-9-20)12-13-26-16-22(27)18-4-3-5-19(25)14-18/h3-11,14-15,22,26-27H,12-13,16H2,1-2H3/t22-/m0/s1. The van der Waals surface area contributed by atoms with Crippen molar-refractivity contribution in [3.05, 3.63) is 82.9 Å². The Morgan fingerprint density at radius 2 is 1.62 bits per heavy atom. The number of hydrogen-bond donors (Lipinski definition) is 2. The van der Waals surface area contributed by atoms with E-state index in [-0.39, 0.29) is 9.79 Å². The molecule has 0 amide bonds. The van der Waals surface area contributed by atoms with Gasteiger partial charge < -0.3 is 19.9 Å². The summed E-state index contributed by atoms with van der Waals surface area (Å²) in [5, 5.41) is 14.0. The Labute approximate surface area is 193 Å². The largest absolute Gasteiger partial charge is 0.493 e. The average Bonchev–Trinajstić information content (AvgIpc) is 2.81. The maximum atomic E-state index is 13.0. The summed E-state index contributed by atoms with van der Waals surface area (Å²) in [4.78, 5) is 0.345. The SMILES string of the molecule is COc1ccc(S(=O)(=O)c2ccc(CCNC[C@H](O)c3cccc(Cl)c3)cc2)cc1OC. The molecule has 0 bridgehead atoms. The van der Waals surface area contributed by atoms with E-state index in [0.717, 1.165) is 11.1 Å². The summed E-state index contributed by atoms with van der Waals surface area (Å²) in [5.74, 6) is 0.825. The molecule has 0 heterocycles. The zero-order valence-corrected chi connectivity index (χ0v) is 19.5. The van der Waals surface area contributed by atoms with Crippen LogP contribution < -0.4 is 14.8 Å². The first-order valence-electron chi connectivity index (χ1n) is 10.1. The van der Waals surface area contributed by atoms with Gasteiger partial charge in [0, 0.05) is 17.6 Å². The number of ether oxygens (including phenoxy) is 2. The van der Waals surface area contributed by atoms with E-state index in [1.165, 1.54) is 26.4 Å². The van der Waals surface area contributed by atoms with Gasteiger partial charge in [0.15, 0.2) is 11.5 Å². The number of methoxy groups -OCH3 is 2. The fraction of sp³-hybridized carbons (Fsp3) is 0.250. The highest BCUT2D eigenvalue weighted by Crippen LogP contribution is 2.32. The summed E-state index contributed by atoms with van der Waals surface area (Å²) in [7, 11) is -0.718. The lowest BCUT2D eigenvalue weighted by atomic mass is 10.1. The van der Waals surface area contributed by atoms with Gasteiger partial charge in [0.25, 0.3) is 0 Å². The summed E-state index contributed by atoms with van der Waals surface area (Å²) in [6, 6.07) is 18.5. The van der Waals surface area contributed by atoms with Gasteiger partial charge in [0.1, 0.15) is 0 Å². The zero-order chi connectivity index (χ0) is 23.1. The number of hydrogen-bond acceptors (Lipinski definition) is 6. The van der Waals surface area contributed by atoms with Gasteiger partial charge in [0.2, 0.25) is 9.84 Å². The molecular formula is C24H26ClNO5S. The Hall–Kier alpha value is -2.58. The molecular weight excluding hydrogens is 450 g/mol. The van der Waals surface area contributed by atoms with Crippen LogP contribution in [0.3, 0.4) is 0 Å². The zero-order valence-electron chi connectivity index (χ0n) is 17.9. The van der Waals surface area contributed by atoms with Gasteiger partial charge in [-0.05, 0) is 60.5 Å². The third kappa shape index (κ3) is 5.81. The average molecular weight is 476 g/mol. The van der Waals surface area contributed by atoms with Crippen LogP contribution in [-0.4, -0.2) is 40.8 Å². The van der Waals surface area contributed by atoms with Crippen molar-refractivity contribution in [1.82, 2.24) is 5.32 Å². The number of aliphatic hydroxyl groups is 1. The minimum Gasteiger partial charge on any atom is -0.493 e. The predicted octanol–water partition coefficient (Wildman–Crippen LogP) is 4.06. The molecule has 170 valence electrons. The molecule has 3 rings (SSSR count). The first-order chi connectivity index (χ1) is 15.3. The highest BCUT2D eigenvalue weighted by molar-refractivity contribution is 7.91. The molecule has 1 atom stereocenters. The minimum atomic E-state index is -3.68. The number of rotatable bonds is 10. The number of nitrogens with one attached hydrogen (secondary N) is 1. The molecule has 0 radical (unpaired) electrons. The summed E-state index contributed by atoms with van der Waals surface area (Å²) in [5.41, 5.74) is 1.75. The summed E-state index contributed by atoms with van der Waals surface area (Å²) < 4.78 is 36.3. The molecule has 0 aliphatic rings. The van der Waals surface area contributed by atoms with Crippen molar-refractivity contribution >= 4 is 21.4 Å². The van der Waals surface area contributed by atoms with E-state index in [9.17, 15) is 13.5 Å². The molecule has 2 N–H and O–H groups in total. The molecule has 0 aliphatic carbocycles. The van der Waals surface area contributed by atoms with Crippen molar-refractivity contribution in [1.29, 1.82) is 0 Å². The van der Waals surface area contributed by atoms with Crippen LogP contribution >= 0.6 is 11.6 Å². The smallest absolute Gasteiger partial charge is 0.206 e. The van der Waals surface area contributed by atoms with Gasteiger partial charge in [-0.3, -0.25) is 0 Å². The number of sulfone groups is 1. The molecule has 8 heteroatoms. The fourth-order valence-corrected chi connectivity index (χ4v) is 4.73. The second kappa shape index (κ2) is 10.8. The molecule has 0 saturated carbocycles. The first-order valence-corrected chi connectivity index (χ1v) is 11.9. The van der Waals surface area contributed by atoms with Crippen molar-refractivity contribution in [2.45, 2.75) is 22.3 Å². The molecule has 0 spiro atoms. The third-order valence-corrected chi connectivity index (χ3v) is 7.06. The monoisotopic (exact) mass is 475 g/mol. The van der Waals surface area contributed by atoms with Gasteiger partial charge in [0.05, 0.1) is 30.1 Å². The normalized spacial score (nSPS) is 12.4. The van der Waals surface area contributed by atoms with Crippen LogP contribution in [0.15, 0.2) is 76.5 Å². The predicted molar refractivity (Wildman–Crippen MR) is 124 cm³/mol. The maximum Gasteiger partial charge on any atom is 0.206 e. The quantitative estimate of drug-likeness (QED) is 0.430. The molecule has 32 heavy (non-hydrogen) atoms. The van der Waals surface area contributed by atoms with Crippen molar-refractivity contribution in [3.8, 4) is 11.5 Å². The van der Waals surface area contributed by atoms with E-state index >= 15 is 0 Å². The Kier molecular flexibility index (Phi) is 8.15. The topological polar surface area (TPSA) is 84.9 Å². The molecule has 3 aromatic rings. The lowest BCUT2D eigenvalue weighted by Crippen LogP contribution is -2.23. The van der Waals surface area contributed by atoms with Crippen LogP contribution in [0.2, 0.25) is 5.02 Å². The van der Waals surface area contributed by atoms with Gasteiger partial charge in [-0.15, -0.1) is 0 Å². The second-order valence-corrected chi connectivity index (χ2v) is 9.58. The molecule has 0 aliphatic heterocycles. The van der Waals surface area contributed by atoms with E-state index < -0.39 is 15.9 Å². The number of benzene rings is 3. The lowest BCUT2D eigenvalue weighted by molar-refractivity contribution is 0.175. The second-order valence-electron chi connectivity index (χ2n) is 7.19. The number of halogens is 1. The van der Waals surface area contributed by atoms with Crippen LogP contribution in [0.4, 0.5) is 0 Å². The van der Waals surface area contributed by atoms with Crippen LogP contribution in [0.1, 0.15) is 17.2 Å². The molecule has 3 aromatic carbocycles. The summed E-state index contributed by atoms with van der Waals surface area (Å²) in [6.45, 7) is 1.03. The van der Waals surface area contributed by atoms with Crippen LogP contribution in [0.25, 0.3) is 0 Å². The van der Waals surface area contributed by atoms with Crippen molar-refractivity contribution in [2.24, 2.45) is 0 Å². The van der Waals surface area contributed by atoms with E-state index in [4.69, 9.17) is 21.1 Å². The van der Waals surface area contributed by atoms with Gasteiger partial charge in [-0.1, -0.05) is 35.9 Å². The van der Waals surface area contributed by atoms with Crippen LogP contribution in [0, 0.1) is 0 Å². The Morgan fingerprint density at radius 1 is 0.938 bits per heavy atom. The highest BCUT2D eigenvalue weighted by atomic mass is 35.5. The van der Waals surface area contributed by atoms with Gasteiger partial charge in [-0.25, -0.2) is 8.42 Å². The molecule has 0 saturated heterocycles. The Bertz CT molecular complexity index is 1150. The molecule has 0 aromatic heterocycles. The lowest BCUT2D eigenvalue weighted by Gasteiger charge is -2.13. The Morgan fingerprint density at radius 3 is 2.28 bits per heavy atom. The first kappa shape index (κ1) is 24.1. The van der Waals surface area contributed by atoms with Crippen LogP contribution in [-0.2, 0) is 16.3 Å². The van der Waals surface area contributed by atoms with E-state index in [2.05, 4.69) is 5.32 Å². The molecule has 0 unspecified atom stereocenters. The van der Waals surface area contributed by atoms with Gasteiger partial charge in [-0.2, -0.15) is 0 Å². The summed E-state index contributed by atoms with van der Waals surface area (Å²) >= 11 is 5.96. The van der Waals surface area contributed by atoms with Crippen molar-refractivity contribution < 1.29 is 23.0 Å². The maximum absolute atomic E-state index is 13.0. The highest BCUT2D eigenvalue weighted by Gasteiger charge is 2.20. The van der Waals surface area contributed by atoms with Crippen LogP contribution in [0.5, 0.6) is 11.5 Å². The van der Waals surface area contributed by atoms with E-state index in [0.29, 0.717) is 36.0 Å². The van der Waals surface area contributed by atoms with Crippen molar-refractivity contribution in [3.63, 3.8) is 0 Å². The van der Waals surface area contributed by atoms with E-state index in [1.54, 1.807) is 48.5 Å². The fourth-order valence-electron chi connectivity index (χ4n) is 3.26. The van der Waals surface area contributed by atoms with Crippen molar-refractivity contribution in [2.75, 3.05) is 27.3 Å². The van der Waals surface area contributed by atoms with E-state index in [1.807, 2.05) is 6.07 Å². The third-order valence-electron chi connectivity index (χ3n) is 5.06. The minimum absolute atomic E-state index is 0.138.